The van der Waals surface area contributed by atoms with E-state index in [1.807, 2.05) is 0 Å². The van der Waals surface area contributed by atoms with Gasteiger partial charge in [0.2, 0.25) is 15.9 Å². The van der Waals surface area contributed by atoms with Crippen LogP contribution in [-0.4, -0.2) is 49.5 Å². The Labute approximate surface area is 140 Å². The molecule has 1 unspecified atom stereocenters. The van der Waals surface area contributed by atoms with E-state index >= 15 is 0 Å². The van der Waals surface area contributed by atoms with Crippen molar-refractivity contribution >= 4 is 21.6 Å². The molecule has 1 aromatic heterocycles. The summed E-state index contributed by atoms with van der Waals surface area (Å²) in [7, 11) is -1.91. The molecule has 2 heterocycles. The van der Waals surface area contributed by atoms with E-state index in [0.29, 0.717) is 6.54 Å². The Kier molecular flexibility index (Phi) is 5.94. The summed E-state index contributed by atoms with van der Waals surface area (Å²) in [6.45, 7) is 2.08. The van der Waals surface area contributed by atoms with Crippen LogP contribution < -0.4 is 20.9 Å². The van der Waals surface area contributed by atoms with Crippen LogP contribution in [0.15, 0.2) is 17.1 Å². The zero-order valence-electron chi connectivity index (χ0n) is 13.6. The topological polar surface area (TPSA) is 127 Å². The molecular weight excluding hydrogens is 334 g/mol. The Morgan fingerprint density at radius 1 is 1.50 bits per heavy atom. The molecule has 2 rings (SSSR count). The molecule has 1 fully saturated rings. The lowest BCUT2D eigenvalue weighted by molar-refractivity contribution is -0.121. The van der Waals surface area contributed by atoms with Gasteiger partial charge in [-0.1, -0.05) is 0 Å². The Balaban J connectivity index is 1.74. The van der Waals surface area contributed by atoms with Crippen molar-refractivity contribution in [3.8, 4) is 0 Å². The first-order valence-electron chi connectivity index (χ1n) is 7.80. The molecule has 3 N–H and O–H groups in total. The smallest absolute Gasteiger partial charge is 0.268 e. The average molecular weight is 357 g/mol. The molecule has 10 heteroatoms. The predicted molar refractivity (Wildman–Crippen MR) is 90.0 cm³/mol. The second kappa shape index (κ2) is 7.75. The van der Waals surface area contributed by atoms with Crippen LogP contribution in [0.4, 0.5) is 5.69 Å². The molecule has 0 aromatic carbocycles. The van der Waals surface area contributed by atoms with E-state index < -0.39 is 10.0 Å². The van der Waals surface area contributed by atoms with Crippen LogP contribution in [0.25, 0.3) is 0 Å². The second-order valence-corrected chi connectivity index (χ2v) is 7.78. The molecule has 0 aliphatic carbocycles. The van der Waals surface area contributed by atoms with Crippen molar-refractivity contribution in [2.75, 3.05) is 30.3 Å². The number of anilines is 1. The maximum absolute atomic E-state index is 11.7. The molecular formula is C14H23N5O4S. The van der Waals surface area contributed by atoms with Gasteiger partial charge in [-0.05, 0) is 18.8 Å². The fourth-order valence-electron chi connectivity index (χ4n) is 2.65. The van der Waals surface area contributed by atoms with Crippen LogP contribution in [0.2, 0.25) is 0 Å². The molecule has 134 valence electrons. The van der Waals surface area contributed by atoms with E-state index in [9.17, 15) is 18.0 Å². The highest BCUT2D eigenvalue weighted by Crippen LogP contribution is 2.21. The highest BCUT2D eigenvalue weighted by atomic mass is 32.2. The number of carbonyl (C=O) groups excluding carboxylic acids is 1. The fraction of sp³-hybridized carbons (Fsp3) is 0.643. The first-order valence-corrected chi connectivity index (χ1v) is 9.51. The van der Waals surface area contributed by atoms with Crippen LogP contribution in [0, 0.1) is 5.92 Å². The van der Waals surface area contributed by atoms with E-state index in [2.05, 4.69) is 15.3 Å². The zero-order valence-corrected chi connectivity index (χ0v) is 14.5. The van der Waals surface area contributed by atoms with Gasteiger partial charge in [0.1, 0.15) is 0 Å². The molecule has 1 amide bonds. The van der Waals surface area contributed by atoms with Crippen molar-refractivity contribution in [3.63, 3.8) is 0 Å². The van der Waals surface area contributed by atoms with E-state index in [4.69, 9.17) is 5.14 Å². The minimum atomic E-state index is -3.51. The zero-order chi connectivity index (χ0) is 17.7. The third-order valence-corrected chi connectivity index (χ3v) is 4.88. The number of nitrogens with two attached hydrogens (primary N) is 1. The van der Waals surface area contributed by atoms with Gasteiger partial charge in [0.15, 0.2) is 0 Å². The summed E-state index contributed by atoms with van der Waals surface area (Å²) in [5.41, 5.74) is 0.638. The van der Waals surface area contributed by atoms with Crippen molar-refractivity contribution in [3.05, 3.63) is 22.6 Å². The lowest BCUT2D eigenvalue weighted by atomic mass is 10.1. The highest BCUT2D eigenvalue weighted by molar-refractivity contribution is 7.89. The van der Waals surface area contributed by atoms with Crippen LogP contribution in [0.1, 0.15) is 19.3 Å². The first-order chi connectivity index (χ1) is 11.2. The number of nitrogens with one attached hydrogen (secondary N) is 1. The number of hydrogen-bond donors (Lipinski definition) is 2. The van der Waals surface area contributed by atoms with Gasteiger partial charge in [-0.3, -0.25) is 9.59 Å². The molecule has 1 aliphatic heterocycles. The minimum Gasteiger partial charge on any atom is -0.370 e. The lowest BCUT2D eigenvalue weighted by Gasteiger charge is -2.18. The van der Waals surface area contributed by atoms with Gasteiger partial charge in [0, 0.05) is 39.2 Å². The van der Waals surface area contributed by atoms with Gasteiger partial charge in [-0.15, -0.1) is 0 Å². The predicted octanol–water partition coefficient (Wildman–Crippen LogP) is -1.21. The van der Waals surface area contributed by atoms with Crippen molar-refractivity contribution in [1.29, 1.82) is 0 Å². The van der Waals surface area contributed by atoms with Crippen LogP contribution in [0.5, 0.6) is 0 Å². The Morgan fingerprint density at radius 2 is 2.25 bits per heavy atom. The molecule has 1 aliphatic rings. The van der Waals surface area contributed by atoms with E-state index in [-0.39, 0.29) is 36.0 Å². The number of primary sulfonamides is 1. The second-order valence-electron chi connectivity index (χ2n) is 6.05. The molecule has 0 saturated carbocycles. The number of amides is 1. The molecule has 1 saturated heterocycles. The average Bonchev–Trinajstić information content (AvgIpc) is 2.95. The quantitative estimate of drug-likeness (QED) is 0.630. The van der Waals surface area contributed by atoms with Gasteiger partial charge in [-0.25, -0.2) is 18.2 Å². The third-order valence-electron chi connectivity index (χ3n) is 4.03. The SMILES string of the molecule is Cn1ncc(N2CCC(CNC(=O)CCCS(N)(=O)=O)C2)cc1=O. The molecule has 24 heavy (non-hydrogen) atoms. The van der Waals surface area contributed by atoms with E-state index in [0.717, 1.165) is 25.2 Å². The fourth-order valence-corrected chi connectivity index (χ4v) is 3.19. The Hall–Kier alpha value is -1.94. The summed E-state index contributed by atoms with van der Waals surface area (Å²) in [4.78, 5) is 25.4. The number of aromatic nitrogens is 2. The van der Waals surface area contributed by atoms with Crippen molar-refractivity contribution in [2.24, 2.45) is 18.1 Å². The molecule has 9 nitrogen and oxygen atoms in total. The standard InChI is InChI=1S/C14H23N5O4S/c1-18-14(21)7-12(9-17-18)19-5-4-11(10-19)8-16-13(20)3-2-6-24(15,22)23/h7,9,11H,2-6,8,10H2,1H3,(H,16,20)(H2,15,22,23). The Bertz CT molecular complexity index is 746. The van der Waals surface area contributed by atoms with Gasteiger partial charge in [0.05, 0.1) is 17.6 Å². The number of nitrogens with zero attached hydrogens (tertiary/aromatic N) is 3. The van der Waals surface area contributed by atoms with Gasteiger partial charge in [-0.2, -0.15) is 5.10 Å². The number of sulfonamides is 1. The van der Waals surface area contributed by atoms with Crippen LogP contribution in [-0.2, 0) is 21.9 Å². The van der Waals surface area contributed by atoms with Gasteiger partial charge >= 0.3 is 0 Å². The maximum atomic E-state index is 11.7. The Morgan fingerprint density at radius 3 is 2.92 bits per heavy atom. The summed E-state index contributed by atoms with van der Waals surface area (Å²) in [6, 6.07) is 1.56. The van der Waals surface area contributed by atoms with Crippen LogP contribution in [0.3, 0.4) is 0 Å². The molecule has 1 aromatic rings. The van der Waals surface area contributed by atoms with Crippen molar-refractivity contribution in [1.82, 2.24) is 15.1 Å². The maximum Gasteiger partial charge on any atom is 0.268 e. The lowest BCUT2D eigenvalue weighted by Crippen LogP contribution is -2.31. The summed E-state index contributed by atoms with van der Waals surface area (Å²) in [5, 5.41) is 11.7. The first kappa shape index (κ1) is 18.4. The monoisotopic (exact) mass is 357 g/mol. The normalized spacial score (nSPS) is 17.9. The van der Waals surface area contributed by atoms with E-state index in [1.165, 1.54) is 4.68 Å². The van der Waals surface area contributed by atoms with Crippen molar-refractivity contribution in [2.45, 2.75) is 19.3 Å². The molecule has 0 spiro atoms. The highest BCUT2D eigenvalue weighted by Gasteiger charge is 2.23. The summed E-state index contributed by atoms with van der Waals surface area (Å²) < 4.78 is 22.9. The summed E-state index contributed by atoms with van der Waals surface area (Å²) in [5.74, 6) is -0.0725. The van der Waals surface area contributed by atoms with Crippen molar-refractivity contribution < 1.29 is 13.2 Å². The number of hydrogen-bond acceptors (Lipinski definition) is 6. The minimum absolute atomic E-state index is 0.144. The summed E-state index contributed by atoms with van der Waals surface area (Å²) >= 11 is 0. The number of carbonyl (C=O) groups is 1. The number of rotatable bonds is 7. The van der Waals surface area contributed by atoms with Crippen LogP contribution >= 0.6 is 0 Å². The van der Waals surface area contributed by atoms with Gasteiger partial charge < -0.3 is 10.2 Å². The largest absolute Gasteiger partial charge is 0.370 e. The number of aryl methyl sites for hydroxylation is 1. The molecule has 0 bridgehead atoms. The summed E-state index contributed by atoms with van der Waals surface area (Å²) in [6.07, 6.45) is 2.94. The molecule has 0 radical (unpaired) electrons. The van der Waals surface area contributed by atoms with Gasteiger partial charge in [0.25, 0.3) is 5.56 Å². The molecule has 1 atom stereocenters. The van der Waals surface area contributed by atoms with E-state index in [1.54, 1.807) is 19.3 Å². The third kappa shape index (κ3) is 5.60.